The van der Waals surface area contributed by atoms with Crippen LogP contribution in [-0.4, -0.2) is 16.2 Å². The molecule has 84 valence electrons. The molecule has 0 fully saturated rings. The molecule has 0 spiro atoms. The van der Waals surface area contributed by atoms with E-state index < -0.39 is 11.5 Å². The number of hydrazine groups is 1. The van der Waals surface area contributed by atoms with Gasteiger partial charge < -0.3 is 9.63 Å². The third-order valence-electron chi connectivity index (χ3n) is 2.14. The Bertz CT molecular complexity index is 346. The monoisotopic (exact) mass is 213 g/mol. The lowest BCUT2D eigenvalue weighted by atomic mass is 9.97. The normalized spacial score (nSPS) is 14.7. The van der Waals surface area contributed by atoms with Gasteiger partial charge in [0.15, 0.2) is 11.5 Å². The zero-order chi connectivity index (χ0) is 11.5. The van der Waals surface area contributed by atoms with E-state index in [0.717, 1.165) is 6.42 Å². The molecule has 0 radical (unpaired) electrons. The minimum Gasteiger partial charge on any atom is -0.382 e. The van der Waals surface area contributed by atoms with Crippen molar-refractivity contribution in [3.05, 3.63) is 17.5 Å². The van der Waals surface area contributed by atoms with Crippen molar-refractivity contribution in [1.82, 2.24) is 10.6 Å². The molecular weight excluding hydrogens is 198 g/mol. The molecule has 15 heavy (non-hydrogen) atoms. The highest BCUT2D eigenvalue weighted by molar-refractivity contribution is 5.91. The van der Waals surface area contributed by atoms with Crippen LogP contribution in [0.15, 0.2) is 10.6 Å². The van der Waals surface area contributed by atoms with Crippen LogP contribution in [0.4, 0.5) is 0 Å². The van der Waals surface area contributed by atoms with Crippen molar-refractivity contribution in [3.8, 4) is 0 Å². The van der Waals surface area contributed by atoms with Crippen LogP contribution in [-0.2, 0) is 5.60 Å². The first-order valence-corrected chi connectivity index (χ1v) is 4.71. The largest absolute Gasteiger partial charge is 0.382 e. The van der Waals surface area contributed by atoms with Gasteiger partial charge in [-0.1, -0.05) is 18.5 Å². The minimum absolute atomic E-state index is 0.0591. The van der Waals surface area contributed by atoms with E-state index in [1.165, 1.54) is 6.07 Å². The molecule has 1 aromatic heterocycles. The summed E-state index contributed by atoms with van der Waals surface area (Å²) in [6.07, 6.45) is 1.33. The first-order chi connectivity index (χ1) is 7.01. The van der Waals surface area contributed by atoms with Crippen LogP contribution in [0.25, 0.3) is 0 Å². The van der Waals surface area contributed by atoms with Crippen LogP contribution in [0.5, 0.6) is 0 Å². The number of carbonyl (C=O) groups is 1. The second kappa shape index (κ2) is 4.41. The van der Waals surface area contributed by atoms with Gasteiger partial charge >= 0.3 is 0 Å². The lowest BCUT2D eigenvalue weighted by Crippen LogP contribution is -2.30. The predicted molar refractivity (Wildman–Crippen MR) is 52.6 cm³/mol. The van der Waals surface area contributed by atoms with Gasteiger partial charge in [-0.05, 0) is 13.3 Å². The summed E-state index contributed by atoms with van der Waals surface area (Å²) in [6, 6.07) is 1.39. The maximum absolute atomic E-state index is 11.1. The van der Waals surface area contributed by atoms with Crippen molar-refractivity contribution >= 4 is 5.91 Å². The molecule has 0 aliphatic rings. The number of hydrogen-bond donors (Lipinski definition) is 3. The van der Waals surface area contributed by atoms with Crippen LogP contribution in [0.2, 0.25) is 0 Å². The summed E-state index contributed by atoms with van der Waals surface area (Å²) >= 11 is 0. The van der Waals surface area contributed by atoms with Crippen LogP contribution in [0.3, 0.4) is 0 Å². The number of nitrogens with zero attached hydrogens (tertiary/aromatic N) is 1. The van der Waals surface area contributed by atoms with Crippen LogP contribution >= 0.6 is 0 Å². The maximum atomic E-state index is 11.1. The summed E-state index contributed by atoms with van der Waals surface area (Å²) < 4.78 is 4.89. The van der Waals surface area contributed by atoms with E-state index in [4.69, 9.17) is 10.4 Å². The predicted octanol–water partition coefficient (Wildman–Crippen LogP) is 0.286. The van der Waals surface area contributed by atoms with Crippen molar-refractivity contribution in [2.45, 2.75) is 32.3 Å². The molecule has 4 N–H and O–H groups in total. The fourth-order valence-corrected chi connectivity index (χ4v) is 1.32. The first kappa shape index (κ1) is 11.7. The molecule has 1 rings (SSSR count). The van der Waals surface area contributed by atoms with E-state index in [1.807, 2.05) is 12.3 Å². The SMILES string of the molecule is CCC[C@](C)(O)c1cc(C(=O)NN)no1. The Balaban J connectivity index is 2.88. The minimum atomic E-state index is -1.10. The lowest BCUT2D eigenvalue weighted by molar-refractivity contribution is 0.0189. The fourth-order valence-electron chi connectivity index (χ4n) is 1.32. The fraction of sp³-hybridized carbons (Fsp3) is 0.556. The van der Waals surface area contributed by atoms with Gasteiger partial charge in [0, 0.05) is 6.07 Å². The first-order valence-electron chi connectivity index (χ1n) is 4.71. The second-order valence-electron chi connectivity index (χ2n) is 3.57. The van der Waals surface area contributed by atoms with E-state index in [1.54, 1.807) is 6.92 Å². The molecule has 6 nitrogen and oxygen atoms in total. The van der Waals surface area contributed by atoms with E-state index in [-0.39, 0.29) is 11.5 Å². The van der Waals surface area contributed by atoms with Gasteiger partial charge in [0.2, 0.25) is 0 Å². The summed E-state index contributed by atoms with van der Waals surface area (Å²) in [5, 5.41) is 13.5. The molecule has 1 heterocycles. The number of aromatic nitrogens is 1. The molecule has 0 aromatic carbocycles. The molecule has 0 saturated carbocycles. The number of carbonyl (C=O) groups excluding carboxylic acids is 1. The Hall–Kier alpha value is -1.40. The molecule has 6 heteroatoms. The number of amides is 1. The number of hydrogen-bond acceptors (Lipinski definition) is 5. The van der Waals surface area contributed by atoms with E-state index in [2.05, 4.69) is 5.16 Å². The number of nitrogens with two attached hydrogens (primary N) is 1. The average molecular weight is 213 g/mol. The Morgan fingerprint density at radius 2 is 2.47 bits per heavy atom. The summed E-state index contributed by atoms with van der Waals surface area (Å²) in [5.41, 5.74) is 0.892. The van der Waals surface area contributed by atoms with E-state index in [0.29, 0.717) is 6.42 Å². The number of aliphatic hydroxyl groups is 1. The average Bonchev–Trinajstić information content (AvgIpc) is 2.66. The molecule has 0 bridgehead atoms. The van der Waals surface area contributed by atoms with Crippen LogP contribution in [0, 0.1) is 0 Å². The highest BCUT2D eigenvalue weighted by Gasteiger charge is 2.28. The standard InChI is InChI=1S/C9H15N3O3/c1-3-4-9(2,14)7-5-6(12-15-7)8(13)11-10/h5,14H,3-4,10H2,1-2H3,(H,11,13)/t9-/m0/s1. The molecule has 0 aliphatic carbocycles. The van der Waals surface area contributed by atoms with Crippen LogP contribution < -0.4 is 11.3 Å². The third kappa shape index (κ3) is 2.54. The second-order valence-corrected chi connectivity index (χ2v) is 3.57. The van der Waals surface area contributed by atoms with Gasteiger partial charge in [-0.2, -0.15) is 0 Å². The third-order valence-corrected chi connectivity index (χ3v) is 2.14. The molecule has 0 unspecified atom stereocenters. The van der Waals surface area contributed by atoms with Crippen molar-refractivity contribution in [3.63, 3.8) is 0 Å². The molecular formula is C9H15N3O3. The summed E-state index contributed by atoms with van der Waals surface area (Å²) in [5.74, 6) is 4.66. The van der Waals surface area contributed by atoms with E-state index in [9.17, 15) is 9.90 Å². The van der Waals surface area contributed by atoms with Crippen molar-refractivity contribution < 1.29 is 14.4 Å². The summed E-state index contributed by atoms with van der Waals surface area (Å²) in [4.78, 5) is 11.1. The zero-order valence-corrected chi connectivity index (χ0v) is 8.78. The van der Waals surface area contributed by atoms with Gasteiger partial charge in [0.05, 0.1) is 0 Å². The molecule has 1 atom stereocenters. The topological polar surface area (TPSA) is 101 Å². The lowest BCUT2D eigenvalue weighted by Gasteiger charge is -2.18. The van der Waals surface area contributed by atoms with Crippen molar-refractivity contribution in [2.75, 3.05) is 0 Å². The Kier molecular flexibility index (Phi) is 3.43. The number of rotatable bonds is 4. The summed E-state index contributed by atoms with van der Waals surface area (Å²) in [6.45, 7) is 3.56. The highest BCUT2D eigenvalue weighted by atomic mass is 16.5. The van der Waals surface area contributed by atoms with Gasteiger partial charge in [0.1, 0.15) is 5.60 Å². The molecule has 1 aromatic rings. The Labute approximate surface area is 87.4 Å². The van der Waals surface area contributed by atoms with Crippen LogP contribution in [0.1, 0.15) is 42.9 Å². The highest BCUT2D eigenvalue weighted by Crippen LogP contribution is 2.26. The van der Waals surface area contributed by atoms with Crippen molar-refractivity contribution in [1.29, 1.82) is 0 Å². The smallest absolute Gasteiger partial charge is 0.287 e. The van der Waals surface area contributed by atoms with Crippen molar-refractivity contribution in [2.24, 2.45) is 5.84 Å². The quantitative estimate of drug-likeness (QED) is 0.379. The molecule has 0 saturated heterocycles. The summed E-state index contributed by atoms with van der Waals surface area (Å²) in [7, 11) is 0. The van der Waals surface area contributed by atoms with Gasteiger partial charge in [-0.15, -0.1) is 0 Å². The Morgan fingerprint density at radius 3 is 3.00 bits per heavy atom. The zero-order valence-electron chi connectivity index (χ0n) is 8.78. The van der Waals surface area contributed by atoms with E-state index >= 15 is 0 Å². The molecule has 0 aliphatic heterocycles. The Morgan fingerprint density at radius 1 is 1.80 bits per heavy atom. The van der Waals surface area contributed by atoms with Gasteiger partial charge in [-0.3, -0.25) is 10.2 Å². The maximum Gasteiger partial charge on any atom is 0.287 e. The molecule has 1 amide bonds. The number of nitrogen functional groups attached to an aromatic ring is 1. The number of nitrogens with one attached hydrogen (secondary N) is 1. The van der Waals surface area contributed by atoms with Gasteiger partial charge in [0.25, 0.3) is 5.91 Å². The van der Waals surface area contributed by atoms with Gasteiger partial charge in [-0.25, -0.2) is 5.84 Å².